The minimum Gasteiger partial charge on any atom is -0.482 e. The van der Waals surface area contributed by atoms with Gasteiger partial charge in [0, 0.05) is 12.1 Å². The van der Waals surface area contributed by atoms with Crippen LogP contribution in [0.4, 0.5) is 5.69 Å². The van der Waals surface area contributed by atoms with Crippen LogP contribution in [0, 0.1) is 0 Å². The average Bonchev–Trinajstić information content (AvgIpc) is 2.83. The summed E-state index contributed by atoms with van der Waals surface area (Å²) in [5.74, 6) is 0.180. The van der Waals surface area contributed by atoms with Crippen molar-refractivity contribution in [2.75, 3.05) is 25.0 Å². The molecule has 1 saturated heterocycles. The van der Waals surface area contributed by atoms with E-state index in [1.807, 2.05) is 6.92 Å². The van der Waals surface area contributed by atoms with Gasteiger partial charge in [-0.15, -0.1) is 0 Å². The normalized spacial score (nSPS) is 25.1. The molecule has 8 heteroatoms. The molecule has 2 heterocycles. The molecule has 0 saturated carbocycles. The highest BCUT2D eigenvalue weighted by molar-refractivity contribution is 7.89. The van der Waals surface area contributed by atoms with E-state index in [2.05, 4.69) is 15.4 Å². The number of sulfonamides is 1. The Bertz CT molecular complexity index is 681. The molecule has 0 bridgehead atoms. The predicted octanol–water partition coefficient (Wildman–Crippen LogP) is 0.0478. The molecule has 0 spiro atoms. The van der Waals surface area contributed by atoms with Crippen LogP contribution < -0.4 is 20.1 Å². The first-order valence-corrected chi connectivity index (χ1v) is 8.18. The van der Waals surface area contributed by atoms with Crippen LogP contribution >= 0.6 is 0 Å². The summed E-state index contributed by atoms with van der Waals surface area (Å²) < 4.78 is 32.9. The lowest BCUT2D eigenvalue weighted by Crippen LogP contribution is -2.47. The van der Waals surface area contributed by atoms with Gasteiger partial charge >= 0.3 is 0 Å². The maximum atomic E-state index is 12.5. The fourth-order valence-electron chi connectivity index (χ4n) is 2.52. The second-order valence-corrected chi connectivity index (χ2v) is 7.27. The van der Waals surface area contributed by atoms with Crippen molar-refractivity contribution in [3.63, 3.8) is 0 Å². The molecule has 1 fully saturated rings. The van der Waals surface area contributed by atoms with Crippen molar-refractivity contribution in [3.8, 4) is 5.75 Å². The van der Waals surface area contributed by atoms with E-state index in [1.54, 1.807) is 6.07 Å². The SMILES string of the molecule is CC1(NS(=O)(=O)c2ccc3c(c2)NC(=O)CO3)CCNC1. The number of amides is 1. The standard InChI is InChI=1S/C13H17N3O4S/c1-13(4-5-14-8-13)16-21(18,19)9-2-3-11-10(6-9)15-12(17)7-20-11/h2-3,6,14,16H,4-5,7-8H2,1H3,(H,15,17). The van der Waals surface area contributed by atoms with E-state index in [1.165, 1.54) is 12.1 Å². The van der Waals surface area contributed by atoms with Crippen LogP contribution in [-0.2, 0) is 14.8 Å². The van der Waals surface area contributed by atoms with E-state index in [-0.39, 0.29) is 17.4 Å². The summed E-state index contributed by atoms with van der Waals surface area (Å²) >= 11 is 0. The van der Waals surface area contributed by atoms with Gasteiger partial charge in [0.25, 0.3) is 5.91 Å². The summed E-state index contributed by atoms with van der Waals surface area (Å²) in [7, 11) is -3.65. The van der Waals surface area contributed by atoms with Gasteiger partial charge in [0.15, 0.2) is 6.61 Å². The molecule has 0 aromatic heterocycles. The second kappa shape index (κ2) is 4.97. The quantitative estimate of drug-likeness (QED) is 0.733. The van der Waals surface area contributed by atoms with Gasteiger partial charge in [-0.3, -0.25) is 4.79 Å². The number of nitrogens with one attached hydrogen (secondary N) is 3. The summed E-state index contributed by atoms with van der Waals surface area (Å²) in [5, 5.41) is 5.75. The van der Waals surface area contributed by atoms with Gasteiger partial charge in [-0.05, 0) is 38.1 Å². The third-order valence-corrected chi connectivity index (χ3v) is 5.28. The van der Waals surface area contributed by atoms with Gasteiger partial charge < -0.3 is 15.4 Å². The Morgan fingerprint density at radius 2 is 2.19 bits per heavy atom. The van der Waals surface area contributed by atoms with E-state index in [9.17, 15) is 13.2 Å². The van der Waals surface area contributed by atoms with Crippen molar-refractivity contribution in [2.24, 2.45) is 0 Å². The van der Waals surface area contributed by atoms with Crippen molar-refractivity contribution in [1.29, 1.82) is 0 Å². The molecular weight excluding hydrogens is 294 g/mol. The zero-order valence-corrected chi connectivity index (χ0v) is 12.4. The van der Waals surface area contributed by atoms with Crippen molar-refractivity contribution >= 4 is 21.6 Å². The first-order chi connectivity index (χ1) is 9.88. The summed E-state index contributed by atoms with van der Waals surface area (Å²) in [6.07, 6.45) is 0.733. The Kier molecular flexibility index (Phi) is 3.39. The van der Waals surface area contributed by atoms with Gasteiger partial charge in [0.1, 0.15) is 5.75 Å². The van der Waals surface area contributed by atoms with Crippen molar-refractivity contribution < 1.29 is 17.9 Å². The number of carbonyl (C=O) groups excluding carboxylic acids is 1. The number of carbonyl (C=O) groups is 1. The maximum absolute atomic E-state index is 12.5. The van der Waals surface area contributed by atoms with E-state index in [0.717, 1.165) is 13.0 Å². The lowest BCUT2D eigenvalue weighted by atomic mass is 10.0. The molecule has 3 N–H and O–H groups in total. The molecule has 21 heavy (non-hydrogen) atoms. The van der Waals surface area contributed by atoms with Crippen molar-refractivity contribution in [1.82, 2.24) is 10.0 Å². The Hall–Kier alpha value is -1.64. The molecule has 0 aliphatic carbocycles. The molecule has 114 valence electrons. The van der Waals surface area contributed by atoms with E-state index in [4.69, 9.17) is 4.74 Å². The Labute approximate surface area is 123 Å². The topological polar surface area (TPSA) is 96.5 Å². The molecule has 2 aliphatic heterocycles. The Morgan fingerprint density at radius 1 is 1.38 bits per heavy atom. The fraction of sp³-hybridized carbons (Fsp3) is 0.462. The molecular formula is C13H17N3O4S. The van der Waals surface area contributed by atoms with Gasteiger partial charge in [-0.2, -0.15) is 0 Å². The lowest BCUT2D eigenvalue weighted by molar-refractivity contribution is -0.118. The third-order valence-electron chi connectivity index (χ3n) is 3.64. The van der Waals surface area contributed by atoms with Crippen LogP contribution in [0.3, 0.4) is 0 Å². The predicted molar refractivity (Wildman–Crippen MR) is 76.8 cm³/mol. The molecule has 1 unspecified atom stereocenters. The highest BCUT2D eigenvalue weighted by Gasteiger charge is 2.34. The molecule has 7 nitrogen and oxygen atoms in total. The number of hydrogen-bond donors (Lipinski definition) is 3. The van der Waals surface area contributed by atoms with Gasteiger partial charge in [-0.1, -0.05) is 0 Å². The van der Waals surface area contributed by atoms with E-state index in [0.29, 0.717) is 18.0 Å². The van der Waals surface area contributed by atoms with Crippen LogP contribution in [0.5, 0.6) is 5.75 Å². The van der Waals surface area contributed by atoms with Crippen LogP contribution in [0.2, 0.25) is 0 Å². The number of benzene rings is 1. The minimum absolute atomic E-state index is 0.0545. The molecule has 2 aliphatic rings. The summed E-state index contributed by atoms with van der Waals surface area (Å²) in [6.45, 7) is 3.19. The number of fused-ring (bicyclic) bond motifs is 1. The largest absolute Gasteiger partial charge is 0.482 e. The minimum atomic E-state index is -3.65. The highest BCUT2D eigenvalue weighted by Crippen LogP contribution is 2.30. The van der Waals surface area contributed by atoms with Crippen LogP contribution in [0.25, 0.3) is 0 Å². The van der Waals surface area contributed by atoms with E-state index < -0.39 is 15.6 Å². The molecule has 1 amide bonds. The number of hydrogen-bond acceptors (Lipinski definition) is 5. The van der Waals surface area contributed by atoms with Gasteiger partial charge in [0.05, 0.1) is 10.6 Å². The van der Waals surface area contributed by atoms with Gasteiger partial charge in [-0.25, -0.2) is 13.1 Å². The Balaban J connectivity index is 1.89. The molecule has 0 radical (unpaired) electrons. The lowest BCUT2D eigenvalue weighted by Gasteiger charge is -2.25. The average molecular weight is 311 g/mol. The monoisotopic (exact) mass is 311 g/mol. The zero-order valence-electron chi connectivity index (χ0n) is 11.6. The molecule has 1 aromatic rings. The smallest absolute Gasteiger partial charge is 0.262 e. The number of ether oxygens (including phenoxy) is 1. The summed E-state index contributed by atoms with van der Waals surface area (Å²) in [6, 6.07) is 4.45. The highest BCUT2D eigenvalue weighted by atomic mass is 32.2. The van der Waals surface area contributed by atoms with E-state index >= 15 is 0 Å². The number of anilines is 1. The van der Waals surface area contributed by atoms with Crippen molar-refractivity contribution in [2.45, 2.75) is 23.8 Å². The first kappa shape index (κ1) is 14.3. The van der Waals surface area contributed by atoms with Crippen LogP contribution in [0.15, 0.2) is 23.1 Å². The molecule has 1 aromatic carbocycles. The van der Waals surface area contributed by atoms with Crippen LogP contribution in [0.1, 0.15) is 13.3 Å². The maximum Gasteiger partial charge on any atom is 0.262 e. The fourth-order valence-corrected chi connectivity index (χ4v) is 3.98. The first-order valence-electron chi connectivity index (χ1n) is 6.69. The van der Waals surface area contributed by atoms with Gasteiger partial charge in [0.2, 0.25) is 10.0 Å². The third kappa shape index (κ3) is 2.87. The summed E-state index contributed by atoms with van der Waals surface area (Å²) in [5.41, 5.74) is -0.113. The molecule has 1 atom stereocenters. The zero-order chi connectivity index (χ0) is 15.1. The Morgan fingerprint density at radius 3 is 2.90 bits per heavy atom. The number of rotatable bonds is 3. The summed E-state index contributed by atoms with van der Waals surface area (Å²) in [4.78, 5) is 11.4. The molecule has 3 rings (SSSR count). The second-order valence-electron chi connectivity index (χ2n) is 5.59. The van der Waals surface area contributed by atoms with Crippen LogP contribution in [-0.4, -0.2) is 39.6 Å². The van der Waals surface area contributed by atoms with Crippen molar-refractivity contribution in [3.05, 3.63) is 18.2 Å².